The highest BCUT2D eigenvalue weighted by Crippen LogP contribution is 2.31. The zero-order chi connectivity index (χ0) is 16.8. The molecule has 2 unspecified atom stereocenters. The van der Waals surface area contributed by atoms with Crippen LogP contribution in [-0.2, 0) is 14.3 Å². The Morgan fingerprint density at radius 1 is 0.913 bits per heavy atom. The molecule has 0 aromatic rings. The first-order valence-corrected chi connectivity index (χ1v) is 9.73. The molecule has 1 heterocycles. The van der Waals surface area contributed by atoms with E-state index in [1.807, 2.05) is 0 Å². The van der Waals surface area contributed by atoms with Gasteiger partial charge in [0, 0.05) is 6.42 Å². The van der Waals surface area contributed by atoms with Crippen LogP contribution in [0.25, 0.3) is 0 Å². The highest BCUT2D eigenvalue weighted by atomic mass is 16.6. The Balaban J connectivity index is 1.78. The summed E-state index contributed by atoms with van der Waals surface area (Å²) in [6.07, 6.45) is 19.3. The highest BCUT2D eigenvalue weighted by Gasteiger charge is 2.36. The van der Waals surface area contributed by atoms with E-state index in [1.54, 1.807) is 0 Å². The lowest BCUT2D eigenvalue weighted by atomic mass is 10.0. The van der Waals surface area contributed by atoms with Crippen molar-refractivity contribution >= 4 is 5.97 Å². The SMILES string of the molecule is C=COC(=O)CCCCCCCC1OC1CCCCCCCC. The summed E-state index contributed by atoms with van der Waals surface area (Å²) in [5.41, 5.74) is 0. The molecule has 0 aliphatic carbocycles. The minimum atomic E-state index is -0.163. The molecule has 0 saturated carbocycles. The topological polar surface area (TPSA) is 38.8 Å². The predicted octanol–water partition coefficient (Wildman–Crippen LogP) is 5.92. The first kappa shape index (κ1) is 20.2. The number of ether oxygens (including phenoxy) is 2. The Kier molecular flexibility index (Phi) is 11.9. The fourth-order valence-corrected chi connectivity index (χ4v) is 3.11. The molecular formula is C20H36O3. The van der Waals surface area contributed by atoms with Crippen LogP contribution in [0, 0.1) is 0 Å². The number of esters is 1. The van der Waals surface area contributed by atoms with Crippen molar-refractivity contribution in [2.24, 2.45) is 0 Å². The number of carbonyl (C=O) groups is 1. The fourth-order valence-electron chi connectivity index (χ4n) is 3.11. The molecule has 0 amide bonds. The van der Waals surface area contributed by atoms with E-state index in [0.29, 0.717) is 18.6 Å². The lowest BCUT2D eigenvalue weighted by molar-refractivity contribution is -0.138. The lowest BCUT2D eigenvalue weighted by Gasteiger charge is -2.01. The number of epoxide rings is 1. The van der Waals surface area contributed by atoms with E-state index in [4.69, 9.17) is 4.74 Å². The van der Waals surface area contributed by atoms with Crippen LogP contribution in [0.1, 0.15) is 96.8 Å². The smallest absolute Gasteiger partial charge is 0.310 e. The molecule has 0 aromatic heterocycles. The van der Waals surface area contributed by atoms with Gasteiger partial charge in [-0.1, -0.05) is 77.7 Å². The third-order valence-corrected chi connectivity index (χ3v) is 4.61. The molecule has 1 saturated heterocycles. The summed E-state index contributed by atoms with van der Waals surface area (Å²) in [7, 11) is 0. The maximum atomic E-state index is 11.1. The fraction of sp³-hybridized carbons (Fsp3) is 0.850. The van der Waals surface area contributed by atoms with E-state index in [2.05, 4.69) is 18.2 Å². The molecule has 1 aliphatic heterocycles. The van der Waals surface area contributed by atoms with Gasteiger partial charge >= 0.3 is 5.97 Å². The van der Waals surface area contributed by atoms with Crippen molar-refractivity contribution in [2.45, 2.75) is 109 Å². The van der Waals surface area contributed by atoms with Crippen LogP contribution < -0.4 is 0 Å². The molecule has 1 aliphatic rings. The molecule has 1 rings (SSSR count). The molecule has 23 heavy (non-hydrogen) atoms. The van der Waals surface area contributed by atoms with Crippen molar-refractivity contribution in [1.82, 2.24) is 0 Å². The molecule has 134 valence electrons. The van der Waals surface area contributed by atoms with Gasteiger partial charge in [-0.3, -0.25) is 4.79 Å². The molecule has 0 aromatic carbocycles. The maximum absolute atomic E-state index is 11.1. The summed E-state index contributed by atoms with van der Waals surface area (Å²) in [6.45, 7) is 5.64. The van der Waals surface area contributed by atoms with Crippen LogP contribution in [0.4, 0.5) is 0 Å². The van der Waals surface area contributed by atoms with Crippen molar-refractivity contribution < 1.29 is 14.3 Å². The van der Waals surface area contributed by atoms with Gasteiger partial charge in [0.2, 0.25) is 0 Å². The number of rotatable bonds is 16. The summed E-state index contributed by atoms with van der Waals surface area (Å²) < 4.78 is 10.4. The standard InChI is InChI=1S/C20H36O3/c1-3-5-6-7-9-12-15-18-19(23-18)16-13-10-8-11-14-17-20(21)22-4-2/h4,18-19H,2-3,5-17H2,1H3. The summed E-state index contributed by atoms with van der Waals surface area (Å²) in [5.74, 6) is -0.163. The summed E-state index contributed by atoms with van der Waals surface area (Å²) in [6, 6.07) is 0. The van der Waals surface area contributed by atoms with Gasteiger partial charge in [-0.25, -0.2) is 0 Å². The third kappa shape index (κ3) is 11.4. The first-order chi connectivity index (χ1) is 11.3. The van der Waals surface area contributed by atoms with E-state index in [0.717, 1.165) is 12.8 Å². The van der Waals surface area contributed by atoms with Crippen LogP contribution >= 0.6 is 0 Å². The third-order valence-electron chi connectivity index (χ3n) is 4.61. The van der Waals surface area contributed by atoms with Gasteiger partial charge in [0.25, 0.3) is 0 Å². The van der Waals surface area contributed by atoms with Crippen molar-refractivity contribution in [3.05, 3.63) is 12.8 Å². The van der Waals surface area contributed by atoms with Crippen LogP contribution in [0.3, 0.4) is 0 Å². The zero-order valence-electron chi connectivity index (χ0n) is 15.1. The number of hydrogen-bond donors (Lipinski definition) is 0. The van der Waals surface area contributed by atoms with Gasteiger partial charge in [0.15, 0.2) is 0 Å². The summed E-state index contributed by atoms with van der Waals surface area (Å²) in [5, 5.41) is 0. The monoisotopic (exact) mass is 324 g/mol. The van der Waals surface area contributed by atoms with Gasteiger partial charge in [0.05, 0.1) is 18.5 Å². The molecule has 1 fully saturated rings. The molecule has 0 spiro atoms. The second kappa shape index (κ2) is 13.6. The Hall–Kier alpha value is -0.830. The maximum Gasteiger partial charge on any atom is 0.310 e. The van der Waals surface area contributed by atoms with Gasteiger partial charge < -0.3 is 9.47 Å². The van der Waals surface area contributed by atoms with E-state index < -0.39 is 0 Å². The molecule has 3 nitrogen and oxygen atoms in total. The quantitative estimate of drug-likeness (QED) is 0.153. The highest BCUT2D eigenvalue weighted by molar-refractivity contribution is 5.69. The van der Waals surface area contributed by atoms with E-state index in [-0.39, 0.29) is 5.97 Å². The van der Waals surface area contributed by atoms with Crippen molar-refractivity contribution in [2.75, 3.05) is 0 Å². The van der Waals surface area contributed by atoms with Crippen molar-refractivity contribution in [3.8, 4) is 0 Å². The lowest BCUT2D eigenvalue weighted by Crippen LogP contribution is -1.98. The van der Waals surface area contributed by atoms with Gasteiger partial charge in [-0.05, 0) is 19.3 Å². The van der Waals surface area contributed by atoms with Crippen LogP contribution in [0.5, 0.6) is 0 Å². The zero-order valence-corrected chi connectivity index (χ0v) is 15.1. The normalized spacial score (nSPS) is 19.5. The minimum absolute atomic E-state index is 0.163. The molecule has 0 N–H and O–H groups in total. The second-order valence-electron chi connectivity index (χ2n) is 6.73. The van der Waals surface area contributed by atoms with Crippen molar-refractivity contribution in [3.63, 3.8) is 0 Å². The molecule has 0 radical (unpaired) electrons. The van der Waals surface area contributed by atoms with E-state index >= 15 is 0 Å². The van der Waals surface area contributed by atoms with Crippen LogP contribution in [0.15, 0.2) is 12.8 Å². The molecule has 0 bridgehead atoms. The Morgan fingerprint density at radius 3 is 2.00 bits per heavy atom. The van der Waals surface area contributed by atoms with Gasteiger partial charge in [0.1, 0.15) is 0 Å². The molecule has 3 heteroatoms. The van der Waals surface area contributed by atoms with Crippen molar-refractivity contribution in [1.29, 1.82) is 0 Å². The number of carbonyl (C=O) groups excluding carboxylic acids is 1. The predicted molar refractivity (Wildman–Crippen MR) is 95.3 cm³/mol. The molecule has 2 atom stereocenters. The average Bonchev–Trinajstić information content (AvgIpc) is 3.28. The first-order valence-electron chi connectivity index (χ1n) is 9.73. The largest absolute Gasteiger partial charge is 0.435 e. The average molecular weight is 325 g/mol. The second-order valence-corrected chi connectivity index (χ2v) is 6.73. The Morgan fingerprint density at radius 2 is 1.43 bits per heavy atom. The summed E-state index contributed by atoms with van der Waals surface area (Å²) in [4.78, 5) is 11.1. The molecular weight excluding hydrogens is 288 g/mol. The van der Waals surface area contributed by atoms with E-state index in [1.165, 1.54) is 76.9 Å². The van der Waals surface area contributed by atoms with Gasteiger partial charge in [-0.15, -0.1) is 0 Å². The minimum Gasteiger partial charge on any atom is -0.435 e. The Labute approximate surface area is 142 Å². The van der Waals surface area contributed by atoms with Crippen LogP contribution in [0.2, 0.25) is 0 Å². The number of unbranched alkanes of at least 4 members (excludes halogenated alkanes) is 9. The van der Waals surface area contributed by atoms with E-state index in [9.17, 15) is 4.79 Å². The Bertz CT molecular complexity index is 314. The van der Waals surface area contributed by atoms with Crippen LogP contribution in [-0.4, -0.2) is 18.2 Å². The number of hydrogen-bond acceptors (Lipinski definition) is 3. The van der Waals surface area contributed by atoms with Gasteiger partial charge in [-0.2, -0.15) is 0 Å². The summed E-state index contributed by atoms with van der Waals surface area (Å²) >= 11 is 0.